The summed E-state index contributed by atoms with van der Waals surface area (Å²) >= 11 is 0. The molecule has 2 N–H and O–H groups in total. The molecule has 0 aliphatic rings. The number of ether oxygens (including phenoxy) is 1. The SMILES string of the molecule is O=C(COC(=O)CCc1nc(-c2ccc(F)cc2)no1)NNC(=O)c1ccccc1. The Balaban J connectivity index is 1.37. The minimum Gasteiger partial charge on any atom is -0.455 e. The highest BCUT2D eigenvalue weighted by Gasteiger charge is 2.13. The van der Waals surface area contributed by atoms with E-state index in [4.69, 9.17) is 9.26 Å². The molecule has 0 radical (unpaired) electrons. The van der Waals surface area contributed by atoms with Crippen molar-refractivity contribution in [3.8, 4) is 11.4 Å². The number of aromatic nitrogens is 2. The fourth-order valence-corrected chi connectivity index (χ4v) is 2.32. The van der Waals surface area contributed by atoms with E-state index < -0.39 is 24.4 Å². The Morgan fingerprint density at radius 1 is 1.00 bits per heavy atom. The quantitative estimate of drug-likeness (QED) is 0.448. The number of carbonyl (C=O) groups is 3. The molecule has 0 atom stereocenters. The molecule has 0 spiro atoms. The number of nitrogens with one attached hydrogen (secondary N) is 2. The second-order valence-electron chi connectivity index (χ2n) is 6.05. The molecule has 3 aromatic rings. The van der Waals surface area contributed by atoms with Gasteiger partial charge in [-0.2, -0.15) is 4.98 Å². The zero-order valence-corrected chi connectivity index (χ0v) is 15.6. The van der Waals surface area contributed by atoms with Crippen LogP contribution in [0.3, 0.4) is 0 Å². The van der Waals surface area contributed by atoms with Crippen LogP contribution in [0.15, 0.2) is 59.1 Å². The van der Waals surface area contributed by atoms with E-state index in [-0.39, 0.29) is 30.4 Å². The van der Waals surface area contributed by atoms with Crippen LogP contribution in [0.2, 0.25) is 0 Å². The van der Waals surface area contributed by atoms with Gasteiger partial charge >= 0.3 is 5.97 Å². The first-order valence-corrected chi connectivity index (χ1v) is 8.89. The Morgan fingerprint density at radius 2 is 1.73 bits per heavy atom. The molecule has 1 heterocycles. The number of carbonyl (C=O) groups excluding carboxylic acids is 3. The van der Waals surface area contributed by atoms with Crippen molar-refractivity contribution in [1.82, 2.24) is 21.0 Å². The molecule has 0 aliphatic heterocycles. The maximum absolute atomic E-state index is 12.9. The summed E-state index contributed by atoms with van der Waals surface area (Å²) in [5.74, 6) is -1.75. The first-order chi connectivity index (χ1) is 14.5. The van der Waals surface area contributed by atoms with Gasteiger partial charge in [-0.1, -0.05) is 23.4 Å². The third kappa shape index (κ3) is 5.96. The lowest BCUT2D eigenvalue weighted by Gasteiger charge is -2.07. The highest BCUT2D eigenvalue weighted by atomic mass is 19.1. The number of hydrazine groups is 1. The normalized spacial score (nSPS) is 10.3. The van der Waals surface area contributed by atoms with Crippen molar-refractivity contribution in [2.45, 2.75) is 12.8 Å². The van der Waals surface area contributed by atoms with Gasteiger partial charge in [0.05, 0.1) is 6.42 Å². The van der Waals surface area contributed by atoms with Crippen LogP contribution >= 0.6 is 0 Å². The predicted octanol–water partition coefficient (Wildman–Crippen LogP) is 1.81. The third-order valence-electron chi connectivity index (χ3n) is 3.83. The molecule has 0 aliphatic carbocycles. The van der Waals surface area contributed by atoms with Gasteiger partial charge in [0.2, 0.25) is 11.7 Å². The van der Waals surface area contributed by atoms with Gasteiger partial charge in [-0.15, -0.1) is 0 Å². The first kappa shape index (κ1) is 20.6. The molecule has 2 aromatic carbocycles. The van der Waals surface area contributed by atoms with E-state index in [1.54, 1.807) is 30.3 Å². The number of esters is 1. The van der Waals surface area contributed by atoms with Crippen LogP contribution < -0.4 is 10.9 Å². The van der Waals surface area contributed by atoms with Crippen molar-refractivity contribution in [2.75, 3.05) is 6.61 Å². The number of halogens is 1. The Morgan fingerprint density at radius 3 is 2.47 bits per heavy atom. The minimum absolute atomic E-state index is 0.0886. The number of nitrogens with zero attached hydrogens (tertiary/aromatic N) is 2. The van der Waals surface area contributed by atoms with Crippen LogP contribution in [0.25, 0.3) is 11.4 Å². The summed E-state index contributed by atoms with van der Waals surface area (Å²) in [6, 6.07) is 13.9. The smallest absolute Gasteiger partial charge is 0.306 e. The van der Waals surface area contributed by atoms with Crippen molar-refractivity contribution >= 4 is 17.8 Å². The molecule has 0 bridgehead atoms. The van der Waals surface area contributed by atoms with Gasteiger partial charge in [-0.05, 0) is 36.4 Å². The van der Waals surface area contributed by atoms with Crippen LogP contribution in [-0.2, 0) is 20.7 Å². The minimum atomic E-state index is -0.691. The molecule has 0 saturated heterocycles. The van der Waals surface area contributed by atoms with Crippen molar-refractivity contribution in [3.63, 3.8) is 0 Å². The molecule has 0 saturated carbocycles. The lowest BCUT2D eigenvalue weighted by Crippen LogP contribution is -2.43. The standard InChI is InChI=1S/C20H17FN4O5/c21-15-8-6-13(7-9-15)19-22-17(30-25-19)10-11-18(27)29-12-16(26)23-24-20(28)14-4-2-1-3-5-14/h1-9H,10-12H2,(H,23,26)(H,24,28). The molecule has 0 fully saturated rings. The maximum Gasteiger partial charge on any atom is 0.306 e. The van der Waals surface area contributed by atoms with Crippen molar-refractivity contribution in [3.05, 3.63) is 71.9 Å². The number of benzene rings is 2. The summed E-state index contributed by atoms with van der Waals surface area (Å²) in [6.07, 6.45) is 0.0219. The Labute approximate surface area is 170 Å². The fraction of sp³-hybridized carbons (Fsp3) is 0.150. The van der Waals surface area contributed by atoms with Crippen molar-refractivity contribution in [1.29, 1.82) is 0 Å². The van der Waals surface area contributed by atoms with Gasteiger partial charge in [0.15, 0.2) is 6.61 Å². The molecular formula is C20H17FN4O5. The van der Waals surface area contributed by atoms with Crippen molar-refractivity contribution in [2.24, 2.45) is 0 Å². The number of rotatable bonds is 7. The zero-order valence-electron chi connectivity index (χ0n) is 15.6. The molecule has 30 heavy (non-hydrogen) atoms. The van der Waals surface area contributed by atoms with Gasteiger partial charge in [0, 0.05) is 17.5 Å². The lowest BCUT2D eigenvalue weighted by molar-refractivity contribution is -0.148. The predicted molar refractivity (Wildman–Crippen MR) is 101 cm³/mol. The fourth-order valence-electron chi connectivity index (χ4n) is 2.32. The lowest BCUT2D eigenvalue weighted by atomic mass is 10.2. The van der Waals surface area contributed by atoms with E-state index in [1.807, 2.05) is 0 Å². The van der Waals surface area contributed by atoms with Gasteiger partial charge in [-0.3, -0.25) is 25.2 Å². The van der Waals surface area contributed by atoms with Crippen LogP contribution in [0.5, 0.6) is 0 Å². The van der Waals surface area contributed by atoms with E-state index in [0.29, 0.717) is 11.1 Å². The number of aryl methyl sites for hydroxylation is 1. The van der Waals surface area contributed by atoms with Crippen LogP contribution in [0, 0.1) is 5.82 Å². The molecule has 3 rings (SSSR count). The second kappa shape index (κ2) is 9.92. The monoisotopic (exact) mass is 412 g/mol. The summed E-state index contributed by atoms with van der Waals surface area (Å²) in [7, 11) is 0. The summed E-state index contributed by atoms with van der Waals surface area (Å²) in [5.41, 5.74) is 5.31. The van der Waals surface area contributed by atoms with E-state index in [2.05, 4.69) is 21.0 Å². The van der Waals surface area contributed by atoms with Crippen molar-refractivity contribution < 1.29 is 28.0 Å². The first-order valence-electron chi connectivity index (χ1n) is 8.89. The molecule has 154 valence electrons. The highest BCUT2D eigenvalue weighted by Crippen LogP contribution is 2.16. The Hall–Kier alpha value is -4.08. The summed E-state index contributed by atoms with van der Waals surface area (Å²) in [6.45, 7) is -0.557. The maximum atomic E-state index is 12.9. The largest absolute Gasteiger partial charge is 0.455 e. The van der Waals surface area contributed by atoms with Crippen LogP contribution in [0.4, 0.5) is 4.39 Å². The Bertz CT molecular complexity index is 1020. The molecule has 2 amide bonds. The van der Waals surface area contributed by atoms with E-state index in [9.17, 15) is 18.8 Å². The second-order valence-corrected chi connectivity index (χ2v) is 6.05. The molecule has 9 nitrogen and oxygen atoms in total. The van der Waals surface area contributed by atoms with E-state index in [0.717, 1.165) is 0 Å². The zero-order chi connectivity index (χ0) is 21.3. The Kier molecular flexibility index (Phi) is 6.83. The van der Waals surface area contributed by atoms with E-state index >= 15 is 0 Å². The van der Waals surface area contributed by atoms with Gasteiger partial charge in [0.1, 0.15) is 5.82 Å². The molecule has 1 aromatic heterocycles. The molecule has 0 unspecified atom stereocenters. The molecular weight excluding hydrogens is 395 g/mol. The summed E-state index contributed by atoms with van der Waals surface area (Å²) in [4.78, 5) is 39.4. The number of hydrogen-bond acceptors (Lipinski definition) is 7. The average Bonchev–Trinajstić information content (AvgIpc) is 3.24. The summed E-state index contributed by atoms with van der Waals surface area (Å²) < 4.78 is 22.8. The van der Waals surface area contributed by atoms with Crippen LogP contribution in [-0.4, -0.2) is 34.5 Å². The third-order valence-corrected chi connectivity index (χ3v) is 3.83. The highest BCUT2D eigenvalue weighted by molar-refractivity contribution is 5.95. The average molecular weight is 412 g/mol. The van der Waals surface area contributed by atoms with Crippen LogP contribution in [0.1, 0.15) is 22.7 Å². The van der Waals surface area contributed by atoms with Gasteiger partial charge in [0.25, 0.3) is 11.8 Å². The van der Waals surface area contributed by atoms with Gasteiger partial charge in [-0.25, -0.2) is 4.39 Å². The van der Waals surface area contributed by atoms with Gasteiger partial charge < -0.3 is 9.26 Å². The summed E-state index contributed by atoms with van der Waals surface area (Å²) in [5, 5.41) is 3.77. The molecule has 10 heteroatoms. The topological polar surface area (TPSA) is 123 Å². The van der Waals surface area contributed by atoms with E-state index in [1.165, 1.54) is 24.3 Å². The number of amides is 2. The number of hydrogen-bond donors (Lipinski definition) is 2.